The van der Waals surface area contributed by atoms with Crippen LogP contribution in [0.4, 0.5) is 4.79 Å². The van der Waals surface area contributed by atoms with Crippen LogP contribution in [0.5, 0.6) is 0 Å². The first-order valence-corrected chi connectivity index (χ1v) is 9.63. The summed E-state index contributed by atoms with van der Waals surface area (Å²) in [4.78, 5) is 12.0. The molecule has 0 aliphatic rings. The number of nitrogens with one attached hydrogen (secondary N) is 3. The Morgan fingerprint density at radius 2 is 1.72 bits per heavy atom. The van der Waals surface area contributed by atoms with Gasteiger partial charge in [-0.1, -0.05) is 54.6 Å². The summed E-state index contributed by atoms with van der Waals surface area (Å²) < 4.78 is 25.5. The van der Waals surface area contributed by atoms with E-state index in [4.69, 9.17) is 0 Å². The summed E-state index contributed by atoms with van der Waals surface area (Å²) in [7, 11) is -1.93. The van der Waals surface area contributed by atoms with Crippen molar-refractivity contribution in [1.82, 2.24) is 15.4 Å². The van der Waals surface area contributed by atoms with Crippen LogP contribution in [0.25, 0.3) is 0 Å². The normalized spacial score (nSPS) is 12.4. The third kappa shape index (κ3) is 6.21. The fourth-order valence-electron chi connectivity index (χ4n) is 2.38. The molecule has 2 aromatic rings. The average Bonchev–Trinajstić information content (AvgIpc) is 2.60. The highest BCUT2D eigenvalue weighted by molar-refractivity contribution is 7.88. The van der Waals surface area contributed by atoms with Gasteiger partial charge in [-0.2, -0.15) is 0 Å². The number of benzene rings is 2. The molecule has 0 aliphatic heterocycles. The average molecular weight is 361 g/mol. The zero-order chi connectivity index (χ0) is 18.3. The highest BCUT2D eigenvalue weighted by Crippen LogP contribution is 2.11. The molecule has 0 unspecified atom stereocenters. The molecule has 0 radical (unpaired) electrons. The van der Waals surface area contributed by atoms with Crippen LogP contribution in [0.2, 0.25) is 0 Å². The third-order valence-electron chi connectivity index (χ3n) is 3.76. The summed E-state index contributed by atoms with van der Waals surface area (Å²) >= 11 is 0. The fourth-order valence-corrected chi connectivity index (χ4v) is 3.14. The monoisotopic (exact) mass is 361 g/mol. The number of carbonyl (C=O) groups excluding carboxylic acids is 1. The van der Waals surface area contributed by atoms with Gasteiger partial charge in [-0.15, -0.1) is 0 Å². The standard InChI is InChI=1S/C18H23N3O3S/c1-14(17-9-4-3-5-10-17)21-18(22)20-12-15-7-6-8-16(11-15)13-25(23,24)19-2/h3-11,14,19H,12-13H2,1-2H3,(H2,20,21,22)/t14-/m1/s1. The van der Waals surface area contributed by atoms with Gasteiger partial charge in [0.05, 0.1) is 11.8 Å². The zero-order valence-corrected chi connectivity index (χ0v) is 15.1. The Hall–Kier alpha value is -2.38. The lowest BCUT2D eigenvalue weighted by atomic mass is 10.1. The van der Waals surface area contributed by atoms with Crippen LogP contribution in [0.1, 0.15) is 29.7 Å². The van der Waals surface area contributed by atoms with Gasteiger partial charge in [-0.05, 0) is 30.7 Å². The topological polar surface area (TPSA) is 87.3 Å². The van der Waals surface area contributed by atoms with Gasteiger partial charge in [0.2, 0.25) is 10.0 Å². The first kappa shape index (κ1) is 19.0. The van der Waals surface area contributed by atoms with Gasteiger partial charge in [-0.25, -0.2) is 17.9 Å². The van der Waals surface area contributed by atoms with Crippen molar-refractivity contribution in [3.8, 4) is 0 Å². The molecule has 2 aromatic carbocycles. The van der Waals surface area contributed by atoms with E-state index in [1.165, 1.54) is 7.05 Å². The van der Waals surface area contributed by atoms with E-state index in [9.17, 15) is 13.2 Å². The second-order valence-electron chi connectivity index (χ2n) is 5.74. The summed E-state index contributed by atoms with van der Waals surface area (Å²) in [6.45, 7) is 2.24. The summed E-state index contributed by atoms with van der Waals surface area (Å²) in [5, 5.41) is 5.66. The Labute approximate surface area is 148 Å². The van der Waals surface area contributed by atoms with Crippen molar-refractivity contribution in [2.45, 2.75) is 25.3 Å². The molecule has 0 saturated heterocycles. The van der Waals surface area contributed by atoms with Crippen molar-refractivity contribution in [3.05, 3.63) is 71.3 Å². The second kappa shape index (κ2) is 8.64. The maximum absolute atomic E-state index is 12.0. The van der Waals surface area contributed by atoms with Crippen molar-refractivity contribution in [2.75, 3.05) is 7.05 Å². The molecule has 2 amide bonds. The van der Waals surface area contributed by atoms with E-state index < -0.39 is 10.0 Å². The van der Waals surface area contributed by atoms with Crippen LogP contribution >= 0.6 is 0 Å². The van der Waals surface area contributed by atoms with Gasteiger partial charge in [0.25, 0.3) is 0 Å². The Morgan fingerprint density at radius 1 is 1.04 bits per heavy atom. The number of urea groups is 1. The molecule has 0 heterocycles. The van der Waals surface area contributed by atoms with Gasteiger partial charge >= 0.3 is 6.03 Å². The number of carbonyl (C=O) groups is 1. The van der Waals surface area contributed by atoms with Crippen LogP contribution in [-0.4, -0.2) is 21.5 Å². The van der Waals surface area contributed by atoms with Gasteiger partial charge in [0.15, 0.2) is 0 Å². The molecule has 2 rings (SSSR count). The van der Waals surface area contributed by atoms with Gasteiger partial charge < -0.3 is 10.6 Å². The van der Waals surface area contributed by atoms with Crippen molar-refractivity contribution in [3.63, 3.8) is 0 Å². The van der Waals surface area contributed by atoms with E-state index in [0.29, 0.717) is 12.1 Å². The maximum atomic E-state index is 12.0. The molecule has 0 aromatic heterocycles. The lowest BCUT2D eigenvalue weighted by molar-refractivity contribution is 0.237. The van der Waals surface area contributed by atoms with Crippen LogP contribution < -0.4 is 15.4 Å². The predicted molar refractivity (Wildman–Crippen MR) is 98.4 cm³/mol. The lowest BCUT2D eigenvalue weighted by Crippen LogP contribution is -2.36. The highest BCUT2D eigenvalue weighted by atomic mass is 32.2. The van der Waals surface area contributed by atoms with E-state index in [1.807, 2.05) is 43.3 Å². The summed E-state index contributed by atoms with van der Waals surface area (Å²) in [5.41, 5.74) is 2.54. The van der Waals surface area contributed by atoms with Crippen molar-refractivity contribution in [2.24, 2.45) is 0 Å². The third-order valence-corrected chi connectivity index (χ3v) is 5.09. The molecule has 3 N–H and O–H groups in total. The van der Waals surface area contributed by atoms with E-state index in [0.717, 1.165) is 11.1 Å². The first-order valence-electron chi connectivity index (χ1n) is 7.98. The number of hydrogen-bond donors (Lipinski definition) is 3. The fraction of sp³-hybridized carbons (Fsp3) is 0.278. The quantitative estimate of drug-likeness (QED) is 0.707. The molecule has 25 heavy (non-hydrogen) atoms. The largest absolute Gasteiger partial charge is 0.334 e. The Kier molecular flexibility index (Phi) is 6.55. The number of rotatable bonds is 7. The first-order chi connectivity index (χ1) is 11.9. The molecule has 1 atom stereocenters. The second-order valence-corrected chi connectivity index (χ2v) is 7.67. The highest BCUT2D eigenvalue weighted by Gasteiger charge is 2.10. The molecule has 7 heteroatoms. The minimum Gasteiger partial charge on any atom is -0.334 e. The van der Waals surface area contributed by atoms with E-state index in [2.05, 4.69) is 15.4 Å². The molecular formula is C18H23N3O3S. The smallest absolute Gasteiger partial charge is 0.315 e. The van der Waals surface area contributed by atoms with Crippen molar-refractivity contribution < 1.29 is 13.2 Å². The SMILES string of the molecule is CNS(=O)(=O)Cc1cccc(CNC(=O)N[C@H](C)c2ccccc2)c1. The number of sulfonamides is 1. The van der Waals surface area contributed by atoms with E-state index in [-0.39, 0.29) is 17.8 Å². The molecule has 0 fully saturated rings. The molecule has 0 bridgehead atoms. The molecule has 0 aliphatic carbocycles. The minimum absolute atomic E-state index is 0.0887. The minimum atomic E-state index is -3.32. The Bertz CT molecular complexity index is 807. The number of hydrogen-bond acceptors (Lipinski definition) is 3. The molecular weight excluding hydrogens is 338 g/mol. The Morgan fingerprint density at radius 3 is 2.40 bits per heavy atom. The number of amides is 2. The maximum Gasteiger partial charge on any atom is 0.315 e. The van der Waals surface area contributed by atoms with Crippen molar-refractivity contribution in [1.29, 1.82) is 0 Å². The summed E-state index contributed by atoms with van der Waals surface area (Å²) in [6, 6.07) is 16.5. The van der Waals surface area contributed by atoms with Crippen LogP contribution in [0.15, 0.2) is 54.6 Å². The van der Waals surface area contributed by atoms with Crippen LogP contribution in [-0.2, 0) is 22.3 Å². The van der Waals surface area contributed by atoms with E-state index in [1.54, 1.807) is 18.2 Å². The van der Waals surface area contributed by atoms with Gasteiger partial charge in [0, 0.05) is 6.54 Å². The van der Waals surface area contributed by atoms with Gasteiger partial charge in [-0.3, -0.25) is 0 Å². The molecule has 6 nitrogen and oxygen atoms in total. The predicted octanol–water partition coefficient (Wildman–Crippen LogP) is 2.30. The van der Waals surface area contributed by atoms with Crippen LogP contribution in [0.3, 0.4) is 0 Å². The van der Waals surface area contributed by atoms with Gasteiger partial charge in [0.1, 0.15) is 0 Å². The molecule has 134 valence electrons. The summed E-state index contributed by atoms with van der Waals surface area (Å²) in [6.07, 6.45) is 0. The van der Waals surface area contributed by atoms with Crippen LogP contribution in [0, 0.1) is 0 Å². The summed E-state index contributed by atoms with van der Waals surface area (Å²) in [5.74, 6) is -0.0887. The van der Waals surface area contributed by atoms with E-state index >= 15 is 0 Å². The molecule has 0 spiro atoms. The zero-order valence-electron chi connectivity index (χ0n) is 14.3. The Balaban J connectivity index is 1.89. The molecule has 0 saturated carbocycles. The lowest BCUT2D eigenvalue weighted by Gasteiger charge is -2.15. The van der Waals surface area contributed by atoms with Crippen molar-refractivity contribution >= 4 is 16.1 Å².